The third-order valence-electron chi connectivity index (χ3n) is 2.12. The third-order valence-corrected chi connectivity index (χ3v) is 2.12. The maximum atomic E-state index is 5.62. The molecule has 2 heterocycles. The van der Waals surface area contributed by atoms with Crippen molar-refractivity contribution < 1.29 is 9.26 Å². The average molecular weight is 185 g/mol. The molecule has 0 bridgehead atoms. The lowest BCUT2D eigenvalue weighted by molar-refractivity contribution is 0.403. The van der Waals surface area contributed by atoms with Crippen molar-refractivity contribution in [1.29, 1.82) is 0 Å². The van der Waals surface area contributed by atoms with Crippen molar-refractivity contribution in [2.75, 3.05) is 0 Å². The van der Waals surface area contributed by atoms with Gasteiger partial charge in [-0.1, -0.05) is 23.4 Å². The van der Waals surface area contributed by atoms with E-state index in [-0.39, 0.29) is 0 Å². The van der Waals surface area contributed by atoms with Crippen LogP contribution in [0.25, 0.3) is 12.2 Å². The Bertz CT molecular complexity index is 499. The predicted molar refractivity (Wildman–Crippen MR) is 51.9 cm³/mol. The second-order valence-electron chi connectivity index (χ2n) is 3.03. The van der Waals surface area contributed by atoms with E-state index in [9.17, 15) is 0 Å². The van der Waals surface area contributed by atoms with Crippen LogP contribution in [0.2, 0.25) is 0 Å². The fourth-order valence-electron chi connectivity index (χ4n) is 1.42. The quantitative estimate of drug-likeness (QED) is 0.540. The van der Waals surface area contributed by atoms with Crippen molar-refractivity contribution in [3.05, 3.63) is 41.8 Å². The van der Waals surface area contributed by atoms with Crippen LogP contribution in [0.1, 0.15) is 11.3 Å². The van der Waals surface area contributed by atoms with E-state index in [1.807, 2.05) is 36.4 Å². The van der Waals surface area contributed by atoms with Gasteiger partial charge in [0.2, 0.25) is 5.76 Å². The fraction of sp³-hybridized carbons (Fsp3) is 0. The zero-order chi connectivity index (χ0) is 9.38. The average Bonchev–Trinajstić information content (AvgIpc) is 2.58. The molecule has 0 radical (unpaired) electrons. The molecule has 0 atom stereocenters. The number of fused-ring (bicyclic) bond motifs is 2. The number of hydrogen-bond acceptors (Lipinski definition) is 3. The van der Waals surface area contributed by atoms with E-state index in [1.54, 1.807) is 6.20 Å². The van der Waals surface area contributed by atoms with E-state index in [2.05, 4.69) is 5.16 Å². The molecule has 1 aliphatic rings. The summed E-state index contributed by atoms with van der Waals surface area (Å²) >= 11 is 0. The molecule has 0 saturated heterocycles. The maximum absolute atomic E-state index is 5.62. The van der Waals surface area contributed by atoms with E-state index >= 15 is 0 Å². The van der Waals surface area contributed by atoms with Crippen LogP contribution in [0.5, 0.6) is 11.5 Å². The van der Waals surface area contributed by atoms with Gasteiger partial charge in [-0.25, -0.2) is 0 Å². The van der Waals surface area contributed by atoms with Gasteiger partial charge in [-0.05, 0) is 18.2 Å². The van der Waals surface area contributed by atoms with Crippen molar-refractivity contribution in [2.24, 2.45) is 0 Å². The van der Waals surface area contributed by atoms with E-state index < -0.39 is 0 Å². The highest BCUT2D eigenvalue weighted by Crippen LogP contribution is 2.33. The van der Waals surface area contributed by atoms with Gasteiger partial charge in [0.1, 0.15) is 11.9 Å². The summed E-state index contributed by atoms with van der Waals surface area (Å²) in [4.78, 5) is 0. The van der Waals surface area contributed by atoms with E-state index in [0.717, 1.165) is 11.3 Å². The lowest BCUT2D eigenvalue weighted by atomic mass is 10.2. The molecule has 0 aliphatic carbocycles. The summed E-state index contributed by atoms with van der Waals surface area (Å²) in [5.74, 6) is 2.14. The number of benzene rings is 1. The molecule has 0 amide bonds. The van der Waals surface area contributed by atoms with E-state index in [4.69, 9.17) is 9.26 Å². The fourth-order valence-corrected chi connectivity index (χ4v) is 1.42. The Kier molecular flexibility index (Phi) is 1.44. The first-order chi connectivity index (χ1) is 6.93. The molecule has 3 heteroatoms. The standard InChI is InChI=1S/C11H7NO2/c1-2-4-9-8(3-1)5-6-10-11(13-9)7-12-14-10/h1-7H. The number of para-hydroxylation sites is 1. The summed E-state index contributed by atoms with van der Waals surface area (Å²) in [6.07, 6.45) is 5.38. The first-order valence-electron chi connectivity index (χ1n) is 4.33. The molecule has 0 unspecified atom stereocenters. The molecule has 14 heavy (non-hydrogen) atoms. The third kappa shape index (κ3) is 1.03. The van der Waals surface area contributed by atoms with E-state index in [1.165, 1.54) is 0 Å². The van der Waals surface area contributed by atoms with E-state index in [0.29, 0.717) is 11.5 Å². The first kappa shape index (κ1) is 7.38. The van der Waals surface area contributed by atoms with Crippen LogP contribution in [0.4, 0.5) is 0 Å². The Hall–Kier alpha value is -2.03. The highest BCUT2D eigenvalue weighted by Gasteiger charge is 2.12. The molecule has 3 nitrogen and oxygen atoms in total. The van der Waals surface area contributed by atoms with Gasteiger partial charge in [0.05, 0.1) is 0 Å². The normalized spacial score (nSPS) is 12.6. The van der Waals surface area contributed by atoms with Gasteiger partial charge in [-0.3, -0.25) is 0 Å². The Labute approximate surface area is 80.6 Å². The van der Waals surface area contributed by atoms with Crippen molar-refractivity contribution >= 4 is 12.2 Å². The van der Waals surface area contributed by atoms with Gasteiger partial charge in [-0.2, -0.15) is 0 Å². The topological polar surface area (TPSA) is 35.3 Å². The molecule has 68 valence electrons. The molecule has 1 aromatic carbocycles. The lowest BCUT2D eigenvalue weighted by Crippen LogP contribution is -1.84. The minimum atomic E-state index is 0.654. The second kappa shape index (κ2) is 2.73. The van der Waals surface area contributed by atoms with Crippen molar-refractivity contribution in [3.8, 4) is 11.5 Å². The lowest BCUT2D eigenvalue weighted by Gasteiger charge is -2.03. The van der Waals surface area contributed by atoms with Crippen LogP contribution in [-0.4, -0.2) is 5.16 Å². The molecule has 0 fully saturated rings. The first-order valence-corrected chi connectivity index (χ1v) is 4.33. The number of nitrogens with zero attached hydrogens (tertiary/aromatic N) is 1. The molecule has 1 aromatic heterocycles. The smallest absolute Gasteiger partial charge is 0.202 e. The second-order valence-corrected chi connectivity index (χ2v) is 3.03. The Balaban J connectivity index is 2.19. The van der Waals surface area contributed by atoms with Crippen LogP contribution in [-0.2, 0) is 0 Å². The summed E-state index contributed by atoms with van der Waals surface area (Å²) in [5.41, 5.74) is 1.04. The molecule has 1 aliphatic heterocycles. The number of rotatable bonds is 0. The SMILES string of the molecule is C1=Cc2oncc2Oc2ccccc21. The zero-order valence-corrected chi connectivity index (χ0v) is 7.31. The summed E-state index contributed by atoms with van der Waals surface area (Å²) in [7, 11) is 0. The Morgan fingerprint density at radius 2 is 1.93 bits per heavy atom. The molecule has 0 spiro atoms. The number of aromatic nitrogens is 1. The van der Waals surface area contributed by atoms with Crippen LogP contribution >= 0.6 is 0 Å². The van der Waals surface area contributed by atoms with Gasteiger partial charge in [0.15, 0.2) is 5.75 Å². The predicted octanol–water partition coefficient (Wildman–Crippen LogP) is 2.95. The minimum absolute atomic E-state index is 0.654. The number of ether oxygens (including phenoxy) is 1. The minimum Gasteiger partial charge on any atom is -0.451 e. The van der Waals surface area contributed by atoms with Gasteiger partial charge in [0, 0.05) is 5.56 Å². The summed E-state index contributed by atoms with van der Waals surface area (Å²) < 4.78 is 10.6. The van der Waals surface area contributed by atoms with Gasteiger partial charge in [0.25, 0.3) is 0 Å². The maximum Gasteiger partial charge on any atom is 0.202 e. The summed E-state index contributed by atoms with van der Waals surface area (Å²) in [6.45, 7) is 0. The van der Waals surface area contributed by atoms with Crippen LogP contribution in [0.3, 0.4) is 0 Å². The van der Waals surface area contributed by atoms with Gasteiger partial charge < -0.3 is 9.26 Å². The summed E-state index contributed by atoms with van der Waals surface area (Å²) in [6, 6.07) is 7.82. The Morgan fingerprint density at radius 3 is 2.93 bits per heavy atom. The highest BCUT2D eigenvalue weighted by atomic mass is 16.5. The molecular weight excluding hydrogens is 178 g/mol. The monoisotopic (exact) mass is 185 g/mol. The van der Waals surface area contributed by atoms with Crippen LogP contribution < -0.4 is 4.74 Å². The largest absolute Gasteiger partial charge is 0.451 e. The molecule has 0 saturated carbocycles. The van der Waals surface area contributed by atoms with Crippen molar-refractivity contribution in [2.45, 2.75) is 0 Å². The summed E-state index contributed by atoms with van der Waals surface area (Å²) in [5, 5.41) is 3.67. The highest BCUT2D eigenvalue weighted by molar-refractivity contribution is 5.74. The zero-order valence-electron chi connectivity index (χ0n) is 7.31. The molecule has 2 aromatic rings. The molecule has 0 N–H and O–H groups in total. The molecule has 3 rings (SSSR count). The van der Waals surface area contributed by atoms with Crippen molar-refractivity contribution in [3.63, 3.8) is 0 Å². The molecular formula is C11H7NO2. The van der Waals surface area contributed by atoms with Crippen LogP contribution in [0, 0.1) is 0 Å². The van der Waals surface area contributed by atoms with Crippen LogP contribution in [0.15, 0.2) is 35.0 Å². The van der Waals surface area contributed by atoms with Gasteiger partial charge >= 0.3 is 0 Å². The van der Waals surface area contributed by atoms with Gasteiger partial charge in [-0.15, -0.1) is 0 Å². The Morgan fingerprint density at radius 1 is 1.00 bits per heavy atom. The van der Waals surface area contributed by atoms with Crippen molar-refractivity contribution in [1.82, 2.24) is 5.16 Å². The number of hydrogen-bond donors (Lipinski definition) is 0.